The normalized spacial score (nSPS) is 11.9. The van der Waals surface area contributed by atoms with E-state index >= 15 is 0 Å². The molecule has 32 heavy (non-hydrogen) atoms. The largest absolute Gasteiger partial charge is 0.444 e. The lowest BCUT2D eigenvalue weighted by Gasteiger charge is -2.24. The van der Waals surface area contributed by atoms with Gasteiger partial charge in [0, 0.05) is 0 Å². The SMILES string of the molecule is Cc1ccc(-c2ccccc2)cc1NNC(=O)C(NC(=O)OC(C)(C)C)c1ccccc1. The van der Waals surface area contributed by atoms with Crippen LogP contribution >= 0.6 is 0 Å². The smallest absolute Gasteiger partial charge is 0.408 e. The molecular formula is C26H29N3O3. The molecule has 1 unspecified atom stereocenters. The van der Waals surface area contributed by atoms with Gasteiger partial charge in [-0.05, 0) is 56.0 Å². The van der Waals surface area contributed by atoms with Crippen LogP contribution in [-0.4, -0.2) is 17.6 Å². The van der Waals surface area contributed by atoms with Gasteiger partial charge in [0.2, 0.25) is 0 Å². The van der Waals surface area contributed by atoms with Crippen LogP contribution in [0.1, 0.15) is 37.9 Å². The predicted octanol–water partition coefficient (Wildman–Crippen LogP) is 5.37. The van der Waals surface area contributed by atoms with Crippen molar-refractivity contribution in [1.29, 1.82) is 0 Å². The van der Waals surface area contributed by atoms with Crippen molar-refractivity contribution in [3.63, 3.8) is 0 Å². The molecule has 3 rings (SSSR count). The zero-order valence-electron chi connectivity index (χ0n) is 18.8. The summed E-state index contributed by atoms with van der Waals surface area (Å²) in [5, 5.41) is 2.66. The number of rotatable bonds is 6. The van der Waals surface area contributed by atoms with Crippen molar-refractivity contribution >= 4 is 17.7 Å². The number of ether oxygens (including phenoxy) is 1. The predicted molar refractivity (Wildman–Crippen MR) is 127 cm³/mol. The van der Waals surface area contributed by atoms with Gasteiger partial charge in [-0.1, -0.05) is 72.8 Å². The number of aryl methyl sites for hydroxylation is 1. The van der Waals surface area contributed by atoms with Crippen LogP contribution in [0.5, 0.6) is 0 Å². The van der Waals surface area contributed by atoms with Gasteiger partial charge in [0.15, 0.2) is 0 Å². The molecule has 0 aliphatic heterocycles. The van der Waals surface area contributed by atoms with Crippen LogP contribution in [0.25, 0.3) is 11.1 Å². The van der Waals surface area contributed by atoms with E-state index in [0.29, 0.717) is 5.56 Å². The van der Waals surface area contributed by atoms with Crippen LogP contribution in [0.15, 0.2) is 78.9 Å². The van der Waals surface area contributed by atoms with E-state index in [1.807, 2.05) is 73.7 Å². The van der Waals surface area contributed by atoms with E-state index in [9.17, 15) is 9.59 Å². The molecule has 0 aromatic heterocycles. The number of anilines is 1. The lowest BCUT2D eigenvalue weighted by Crippen LogP contribution is -2.44. The summed E-state index contributed by atoms with van der Waals surface area (Å²) in [7, 11) is 0. The minimum Gasteiger partial charge on any atom is -0.444 e. The molecule has 3 aromatic carbocycles. The molecular weight excluding hydrogens is 402 g/mol. The van der Waals surface area contributed by atoms with Crippen LogP contribution < -0.4 is 16.2 Å². The van der Waals surface area contributed by atoms with Crippen molar-refractivity contribution in [3.05, 3.63) is 90.0 Å². The molecule has 1 atom stereocenters. The molecule has 0 aliphatic carbocycles. The Morgan fingerprint density at radius 1 is 0.844 bits per heavy atom. The van der Waals surface area contributed by atoms with Crippen LogP contribution in [0, 0.1) is 6.92 Å². The molecule has 3 aromatic rings. The van der Waals surface area contributed by atoms with Crippen LogP contribution in [-0.2, 0) is 9.53 Å². The van der Waals surface area contributed by atoms with Crippen LogP contribution in [0.4, 0.5) is 10.5 Å². The summed E-state index contributed by atoms with van der Waals surface area (Å²) in [6.07, 6.45) is -0.663. The van der Waals surface area contributed by atoms with Gasteiger partial charge in [-0.2, -0.15) is 0 Å². The Hall–Kier alpha value is -3.80. The maximum atomic E-state index is 13.0. The second-order valence-corrected chi connectivity index (χ2v) is 8.50. The fourth-order valence-corrected chi connectivity index (χ4v) is 3.14. The molecule has 0 saturated carbocycles. The number of hydrazine groups is 1. The molecule has 0 aliphatic rings. The number of hydrogen-bond acceptors (Lipinski definition) is 4. The van der Waals surface area contributed by atoms with Gasteiger partial charge in [-0.25, -0.2) is 4.79 Å². The van der Waals surface area contributed by atoms with Crippen molar-refractivity contribution in [2.45, 2.75) is 39.3 Å². The van der Waals surface area contributed by atoms with E-state index < -0.39 is 23.6 Å². The number of alkyl carbamates (subject to hydrolysis) is 1. The van der Waals surface area contributed by atoms with Crippen molar-refractivity contribution in [3.8, 4) is 11.1 Å². The Labute approximate surface area is 189 Å². The van der Waals surface area contributed by atoms with Gasteiger partial charge in [0.25, 0.3) is 5.91 Å². The van der Waals surface area contributed by atoms with Gasteiger partial charge in [-0.15, -0.1) is 0 Å². The summed E-state index contributed by atoms with van der Waals surface area (Å²) < 4.78 is 5.34. The van der Waals surface area contributed by atoms with E-state index in [-0.39, 0.29) is 0 Å². The number of carbonyl (C=O) groups excluding carboxylic acids is 2. The van der Waals surface area contributed by atoms with E-state index in [1.54, 1.807) is 32.9 Å². The topological polar surface area (TPSA) is 79.5 Å². The molecule has 3 N–H and O–H groups in total. The standard InChI is InChI=1S/C26H29N3O3/c1-18-15-16-21(19-11-7-5-8-12-19)17-22(18)28-29-24(30)23(20-13-9-6-10-14-20)27-25(31)32-26(2,3)4/h5-17,23,28H,1-4H3,(H,27,31)(H,29,30). The van der Waals surface area contributed by atoms with Crippen molar-refractivity contribution in [2.75, 3.05) is 5.43 Å². The zero-order valence-corrected chi connectivity index (χ0v) is 18.8. The highest BCUT2D eigenvalue weighted by atomic mass is 16.6. The Balaban J connectivity index is 1.76. The first-order chi connectivity index (χ1) is 15.2. The molecule has 0 fully saturated rings. The number of benzene rings is 3. The van der Waals surface area contributed by atoms with Crippen molar-refractivity contribution in [1.82, 2.24) is 10.7 Å². The first kappa shape index (κ1) is 22.9. The summed E-state index contributed by atoms with van der Waals surface area (Å²) in [6.45, 7) is 7.27. The lowest BCUT2D eigenvalue weighted by atomic mass is 10.0. The molecule has 166 valence electrons. The Kier molecular flexibility index (Phi) is 7.15. The third-order valence-electron chi connectivity index (χ3n) is 4.72. The number of hydrogen-bond donors (Lipinski definition) is 3. The molecule has 0 bridgehead atoms. The number of carbonyl (C=O) groups is 2. The van der Waals surface area contributed by atoms with E-state index in [0.717, 1.165) is 22.4 Å². The van der Waals surface area contributed by atoms with E-state index in [4.69, 9.17) is 4.74 Å². The Morgan fingerprint density at radius 2 is 1.47 bits per heavy atom. The first-order valence-electron chi connectivity index (χ1n) is 10.5. The number of nitrogens with one attached hydrogen (secondary N) is 3. The molecule has 0 spiro atoms. The van der Waals surface area contributed by atoms with Crippen molar-refractivity contribution < 1.29 is 14.3 Å². The Morgan fingerprint density at radius 3 is 2.09 bits per heavy atom. The highest BCUT2D eigenvalue weighted by Crippen LogP contribution is 2.25. The van der Waals surface area contributed by atoms with Crippen molar-refractivity contribution in [2.24, 2.45) is 0 Å². The van der Waals surface area contributed by atoms with Crippen LogP contribution in [0.2, 0.25) is 0 Å². The fourth-order valence-electron chi connectivity index (χ4n) is 3.14. The van der Waals surface area contributed by atoms with Gasteiger partial charge in [0.05, 0.1) is 5.69 Å². The van der Waals surface area contributed by atoms with Crippen LogP contribution in [0.3, 0.4) is 0 Å². The monoisotopic (exact) mass is 431 g/mol. The third kappa shape index (κ3) is 6.35. The summed E-state index contributed by atoms with van der Waals surface area (Å²) in [5.74, 6) is -0.411. The minimum absolute atomic E-state index is 0.411. The second-order valence-electron chi connectivity index (χ2n) is 8.50. The van der Waals surface area contributed by atoms with Gasteiger partial charge in [0.1, 0.15) is 11.6 Å². The highest BCUT2D eigenvalue weighted by molar-refractivity contribution is 5.88. The summed E-state index contributed by atoms with van der Waals surface area (Å²) in [6, 6.07) is 24.1. The first-order valence-corrected chi connectivity index (χ1v) is 10.5. The van der Waals surface area contributed by atoms with Gasteiger partial charge in [-0.3, -0.25) is 15.6 Å². The molecule has 2 amide bonds. The third-order valence-corrected chi connectivity index (χ3v) is 4.72. The molecule has 0 heterocycles. The molecule has 0 saturated heterocycles. The van der Waals surface area contributed by atoms with Gasteiger partial charge < -0.3 is 10.1 Å². The maximum absolute atomic E-state index is 13.0. The lowest BCUT2D eigenvalue weighted by molar-refractivity contribution is -0.122. The summed E-state index contributed by atoms with van der Waals surface area (Å²) in [5.41, 5.74) is 9.55. The molecule has 6 nitrogen and oxygen atoms in total. The molecule has 6 heteroatoms. The number of amides is 2. The average Bonchev–Trinajstić information content (AvgIpc) is 2.76. The Bertz CT molecular complexity index is 1060. The highest BCUT2D eigenvalue weighted by Gasteiger charge is 2.26. The second kappa shape index (κ2) is 10.0. The summed E-state index contributed by atoms with van der Waals surface area (Å²) >= 11 is 0. The molecule has 0 radical (unpaired) electrons. The zero-order chi connectivity index (χ0) is 23.1. The fraction of sp³-hybridized carbons (Fsp3) is 0.231. The quantitative estimate of drug-likeness (QED) is 0.458. The van der Waals surface area contributed by atoms with E-state index in [2.05, 4.69) is 16.2 Å². The minimum atomic E-state index is -0.920. The maximum Gasteiger partial charge on any atom is 0.408 e. The van der Waals surface area contributed by atoms with E-state index in [1.165, 1.54) is 0 Å². The van der Waals surface area contributed by atoms with Gasteiger partial charge >= 0.3 is 6.09 Å². The summed E-state index contributed by atoms with van der Waals surface area (Å²) in [4.78, 5) is 25.4. The average molecular weight is 432 g/mol.